The van der Waals surface area contributed by atoms with Crippen molar-refractivity contribution in [1.82, 2.24) is 0 Å². The Hall–Kier alpha value is -0.520. The molecule has 2 aliphatic rings. The van der Waals surface area contributed by atoms with Gasteiger partial charge in [0.05, 0.1) is 0 Å². The van der Waals surface area contributed by atoms with Gasteiger partial charge < -0.3 is 0 Å². The van der Waals surface area contributed by atoms with E-state index in [0.717, 1.165) is 11.8 Å². The molecule has 0 radical (unpaired) electrons. The normalized spacial score (nSPS) is 34.3. The minimum atomic E-state index is 0.674. The molecule has 0 aliphatic heterocycles. The first-order valence-corrected chi connectivity index (χ1v) is 6.56. The zero-order valence-corrected chi connectivity index (χ0v) is 10.2. The van der Waals surface area contributed by atoms with Gasteiger partial charge in [-0.25, -0.2) is 0 Å². The number of hydrogen-bond acceptors (Lipinski definition) is 0. The van der Waals surface area contributed by atoms with Crippen LogP contribution in [0.5, 0.6) is 0 Å². The minimum Gasteiger partial charge on any atom is -0.0917 e. The summed E-state index contributed by atoms with van der Waals surface area (Å²) >= 11 is 0. The van der Waals surface area contributed by atoms with E-state index < -0.39 is 0 Å². The zero-order valence-electron chi connectivity index (χ0n) is 10.2. The van der Waals surface area contributed by atoms with E-state index in [2.05, 4.69) is 38.2 Å². The maximum absolute atomic E-state index is 2.45. The van der Waals surface area contributed by atoms with Gasteiger partial charge in [0.15, 0.2) is 0 Å². The Bertz CT molecular complexity index is 253. The third-order valence-electron chi connectivity index (χ3n) is 4.61. The molecule has 0 heterocycles. The lowest BCUT2D eigenvalue weighted by Crippen LogP contribution is -2.33. The Morgan fingerprint density at radius 1 is 1.33 bits per heavy atom. The topological polar surface area (TPSA) is 0 Å². The van der Waals surface area contributed by atoms with Crippen molar-refractivity contribution in [2.75, 3.05) is 0 Å². The van der Waals surface area contributed by atoms with Crippen molar-refractivity contribution < 1.29 is 0 Å². The van der Waals surface area contributed by atoms with E-state index in [1.165, 1.54) is 38.5 Å². The molecular formula is C15H24. The fraction of sp³-hybridized carbons (Fsp3) is 0.733. The maximum atomic E-state index is 2.45. The molecule has 84 valence electrons. The molecule has 1 saturated carbocycles. The monoisotopic (exact) mass is 204 g/mol. The molecule has 2 atom stereocenters. The second-order valence-electron chi connectivity index (χ2n) is 5.47. The lowest BCUT2D eigenvalue weighted by atomic mass is 9.62. The van der Waals surface area contributed by atoms with Gasteiger partial charge in [-0.1, -0.05) is 44.1 Å². The molecule has 15 heavy (non-hydrogen) atoms. The van der Waals surface area contributed by atoms with Crippen molar-refractivity contribution in [3.05, 3.63) is 24.3 Å². The van der Waals surface area contributed by atoms with Crippen molar-refractivity contribution in [3.8, 4) is 0 Å². The van der Waals surface area contributed by atoms with Crippen molar-refractivity contribution >= 4 is 0 Å². The van der Waals surface area contributed by atoms with Crippen molar-refractivity contribution in [1.29, 1.82) is 0 Å². The third kappa shape index (κ3) is 2.04. The van der Waals surface area contributed by atoms with E-state index in [4.69, 9.17) is 0 Å². The molecule has 0 aromatic rings. The summed E-state index contributed by atoms with van der Waals surface area (Å²) in [6.45, 7) is 4.55. The predicted octanol–water partition coefficient (Wildman–Crippen LogP) is 4.73. The highest BCUT2D eigenvalue weighted by atomic mass is 14.5. The standard InChI is InChI=1S/C15H24/c1-3-4-9-14-13(2)8-7-12-15(14)10-5-6-11-15/h3-4,7-8,13-14H,5-6,9-12H2,1-2H3/b4-3+/t13-,14-/m1/s1. The lowest BCUT2D eigenvalue weighted by molar-refractivity contribution is 0.123. The van der Waals surface area contributed by atoms with Gasteiger partial charge in [0, 0.05) is 0 Å². The molecule has 0 bridgehead atoms. The Balaban J connectivity index is 2.16. The van der Waals surface area contributed by atoms with Crippen LogP contribution < -0.4 is 0 Å². The van der Waals surface area contributed by atoms with Gasteiger partial charge in [-0.2, -0.15) is 0 Å². The summed E-state index contributed by atoms with van der Waals surface area (Å²) < 4.78 is 0. The summed E-state index contributed by atoms with van der Waals surface area (Å²) in [5.41, 5.74) is 0.674. The molecule has 2 rings (SSSR count). The zero-order chi connectivity index (χ0) is 10.7. The second kappa shape index (κ2) is 4.55. The highest BCUT2D eigenvalue weighted by Crippen LogP contribution is 2.53. The van der Waals surface area contributed by atoms with Crippen LogP contribution >= 0.6 is 0 Å². The van der Waals surface area contributed by atoms with Gasteiger partial charge in [0.2, 0.25) is 0 Å². The second-order valence-corrected chi connectivity index (χ2v) is 5.47. The molecule has 0 heteroatoms. The SMILES string of the molecule is C/C=C/C[C@@H]1[C@H](C)C=CCC12CCCC2. The Kier molecular flexibility index (Phi) is 3.33. The van der Waals surface area contributed by atoms with E-state index in [-0.39, 0.29) is 0 Å². The van der Waals surface area contributed by atoms with Gasteiger partial charge in [0.1, 0.15) is 0 Å². The highest BCUT2D eigenvalue weighted by molar-refractivity contribution is 5.08. The maximum Gasteiger partial charge on any atom is -0.0225 e. The molecule has 0 nitrogen and oxygen atoms in total. The van der Waals surface area contributed by atoms with E-state index in [0.29, 0.717) is 5.41 Å². The lowest BCUT2D eigenvalue weighted by Gasteiger charge is -2.42. The van der Waals surface area contributed by atoms with Gasteiger partial charge in [-0.05, 0) is 49.9 Å². The molecule has 0 aromatic carbocycles. The van der Waals surface area contributed by atoms with Crippen LogP contribution in [0, 0.1) is 17.3 Å². The highest BCUT2D eigenvalue weighted by Gasteiger charge is 2.42. The van der Waals surface area contributed by atoms with E-state index in [9.17, 15) is 0 Å². The molecule has 2 aliphatic carbocycles. The Morgan fingerprint density at radius 3 is 2.73 bits per heavy atom. The van der Waals surface area contributed by atoms with Crippen LogP contribution in [0.1, 0.15) is 52.4 Å². The van der Waals surface area contributed by atoms with Crippen molar-refractivity contribution in [3.63, 3.8) is 0 Å². The summed E-state index contributed by atoms with van der Waals surface area (Å²) in [5.74, 6) is 1.69. The largest absolute Gasteiger partial charge is 0.0917 e. The van der Waals surface area contributed by atoms with Crippen LogP contribution in [0.2, 0.25) is 0 Å². The first kappa shape index (κ1) is 11.0. The molecule has 0 amide bonds. The average molecular weight is 204 g/mol. The summed E-state index contributed by atoms with van der Waals surface area (Å²) in [4.78, 5) is 0. The summed E-state index contributed by atoms with van der Waals surface area (Å²) in [7, 11) is 0. The quantitative estimate of drug-likeness (QED) is 0.571. The fourth-order valence-electron chi connectivity index (χ4n) is 3.76. The third-order valence-corrected chi connectivity index (χ3v) is 4.61. The van der Waals surface area contributed by atoms with E-state index in [1.54, 1.807) is 0 Å². The van der Waals surface area contributed by atoms with Crippen LogP contribution in [-0.4, -0.2) is 0 Å². The van der Waals surface area contributed by atoms with E-state index in [1.807, 2.05) is 0 Å². The van der Waals surface area contributed by atoms with Crippen molar-refractivity contribution in [2.24, 2.45) is 17.3 Å². The molecule has 0 N–H and O–H groups in total. The minimum absolute atomic E-state index is 0.674. The van der Waals surface area contributed by atoms with Crippen LogP contribution in [-0.2, 0) is 0 Å². The van der Waals surface area contributed by atoms with Crippen LogP contribution in [0.3, 0.4) is 0 Å². The van der Waals surface area contributed by atoms with Gasteiger partial charge in [-0.15, -0.1) is 0 Å². The first-order valence-electron chi connectivity index (χ1n) is 6.56. The molecule has 0 saturated heterocycles. The summed E-state index contributed by atoms with van der Waals surface area (Å²) in [6, 6.07) is 0. The predicted molar refractivity (Wildman–Crippen MR) is 66.7 cm³/mol. The number of allylic oxidation sites excluding steroid dienone is 4. The molecular weight excluding hydrogens is 180 g/mol. The molecule has 0 unspecified atom stereocenters. The first-order chi connectivity index (χ1) is 7.28. The number of hydrogen-bond donors (Lipinski definition) is 0. The Labute approximate surface area is 94.5 Å². The van der Waals surface area contributed by atoms with E-state index >= 15 is 0 Å². The van der Waals surface area contributed by atoms with Crippen LogP contribution in [0.25, 0.3) is 0 Å². The molecule has 1 fully saturated rings. The van der Waals surface area contributed by atoms with Crippen LogP contribution in [0.15, 0.2) is 24.3 Å². The Morgan fingerprint density at radius 2 is 2.07 bits per heavy atom. The van der Waals surface area contributed by atoms with Crippen molar-refractivity contribution in [2.45, 2.75) is 52.4 Å². The van der Waals surface area contributed by atoms with Gasteiger partial charge >= 0.3 is 0 Å². The van der Waals surface area contributed by atoms with Gasteiger partial charge in [-0.3, -0.25) is 0 Å². The fourth-order valence-corrected chi connectivity index (χ4v) is 3.76. The summed E-state index contributed by atoms with van der Waals surface area (Å²) in [6.07, 6.45) is 18.0. The smallest absolute Gasteiger partial charge is 0.0225 e. The molecule has 0 aromatic heterocycles. The van der Waals surface area contributed by atoms with Gasteiger partial charge in [0.25, 0.3) is 0 Å². The number of rotatable bonds is 2. The van der Waals surface area contributed by atoms with Crippen LogP contribution in [0.4, 0.5) is 0 Å². The molecule has 1 spiro atoms. The average Bonchev–Trinajstić information content (AvgIpc) is 2.67. The summed E-state index contributed by atoms with van der Waals surface area (Å²) in [5, 5.41) is 0.